The Morgan fingerprint density at radius 1 is 1.19 bits per heavy atom. The molecule has 3 nitrogen and oxygen atoms in total. The number of unbranched alkanes of at least 4 members (excludes halogenated alkanes) is 2. The first-order chi connectivity index (χ1) is 10.2. The zero-order valence-corrected chi connectivity index (χ0v) is 14.6. The van der Waals surface area contributed by atoms with E-state index in [0.29, 0.717) is 6.04 Å². The van der Waals surface area contributed by atoms with Crippen molar-refractivity contribution < 1.29 is 0 Å². The van der Waals surface area contributed by atoms with E-state index < -0.39 is 0 Å². The van der Waals surface area contributed by atoms with Crippen molar-refractivity contribution in [3.05, 3.63) is 0 Å². The highest BCUT2D eigenvalue weighted by Gasteiger charge is 2.33. The molecule has 0 amide bonds. The SMILES string of the molecule is CCCCCC(C)NCCN1CCC2C(CCCN2C)C1. The van der Waals surface area contributed by atoms with Gasteiger partial charge in [0.15, 0.2) is 0 Å². The van der Waals surface area contributed by atoms with Gasteiger partial charge in [0.1, 0.15) is 0 Å². The minimum Gasteiger partial charge on any atom is -0.313 e. The summed E-state index contributed by atoms with van der Waals surface area (Å²) in [7, 11) is 2.33. The Labute approximate surface area is 132 Å². The van der Waals surface area contributed by atoms with Crippen LogP contribution in [0.15, 0.2) is 0 Å². The van der Waals surface area contributed by atoms with Gasteiger partial charge in [0, 0.05) is 31.7 Å². The summed E-state index contributed by atoms with van der Waals surface area (Å²) in [6, 6.07) is 1.56. The molecule has 2 fully saturated rings. The number of hydrogen-bond acceptors (Lipinski definition) is 3. The van der Waals surface area contributed by atoms with Crippen LogP contribution in [0.3, 0.4) is 0 Å². The molecule has 3 unspecified atom stereocenters. The summed E-state index contributed by atoms with van der Waals surface area (Å²) < 4.78 is 0. The second-order valence-corrected chi connectivity index (χ2v) is 7.39. The third kappa shape index (κ3) is 5.54. The molecule has 0 spiro atoms. The highest BCUT2D eigenvalue weighted by molar-refractivity contribution is 4.89. The van der Waals surface area contributed by atoms with Crippen molar-refractivity contribution >= 4 is 0 Å². The maximum absolute atomic E-state index is 3.72. The van der Waals surface area contributed by atoms with Gasteiger partial charge in [-0.25, -0.2) is 0 Å². The van der Waals surface area contributed by atoms with Crippen LogP contribution in [-0.2, 0) is 0 Å². The quantitative estimate of drug-likeness (QED) is 0.695. The van der Waals surface area contributed by atoms with Gasteiger partial charge in [-0.3, -0.25) is 0 Å². The van der Waals surface area contributed by atoms with E-state index in [4.69, 9.17) is 0 Å². The molecule has 2 aliphatic heterocycles. The van der Waals surface area contributed by atoms with Gasteiger partial charge in [-0.15, -0.1) is 0 Å². The van der Waals surface area contributed by atoms with Crippen LogP contribution in [0.4, 0.5) is 0 Å². The van der Waals surface area contributed by atoms with Crippen LogP contribution in [0.25, 0.3) is 0 Å². The molecule has 0 aromatic rings. The molecule has 0 aromatic carbocycles. The largest absolute Gasteiger partial charge is 0.313 e. The normalized spacial score (nSPS) is 29.3. The van der Waals surface area contributed by atoms with E-state index in [2.05, 4.69) is 36.0 Å². The Morgan fingerprint density at radius 2 is 2.05 bits per heavy atom. The van der Waals surface area contributed by atoms with Crippen LogP contribution in [0.2, 0.25) is 0 Å². The van der Waals surface area contributed by atoms with Gasteiger partial charge < -0.3 is 15.1 Å². The number of nitrogens with zero attached hydrogens (tertiary/aromatic N) is 2. The van der Waals surface area contributed by atoms with Crippen LogP contribution >= 0.6 is 0 Å². The molecular formula is C18H37N3. The van der Waals surface area contributed by atoms with Crippen molar-refractivity contribution in [3.63, 3.8) is 0 Å². The van der Waals surface area contributed by atoms with Gasteiger partial charge in [0.2, 0.25) is 0 Å². The number of piperidine rings is 2. The number of rotatable bonds is 8. The average molecular weight is 296 g/mol. The lowest BCUT2D eigenvalue weighted by atomic mass is 9.84. The van der Waals surface area contributed by atoms with Gasteiger partial charge in [-0.2, -0.15) is 0 Å². The van der Waals surface area contributed by atoms with Crippen molar-refractivity contribution in [2.45, 2.75) is 70.9 Å². The Balaban J connectivity index is 1.59. The number of likely N-dealkylation sites (tertiary alicyclic amines) is 2. The zero-order valence-electron chi connectivity index (χ0n) is 14.6. The van der Waals surface area contributed by atoms with Crippen molar-refractivity contribution in [2.75, 3.05) is 39.8 Å². The Bertz CT molecular complexity index is 282. The van der Waals surface area contributed by atoms with Crippen molar-refractivity contribution in [2.24, 2.45) is 5.92 Å². The molecule has 0 aliphatic carbocycles. The number of nitrogens with one attached hydrogen (secondary N) is 1. The van der Waals surface area contributed by atoms with Gasteiger partial charge in [-0.1, -0.05) is 26.2 Å². The molecule has 0 aromatic heterocycles. The van der Waals surface area contributed by atoms with E-state index in [1.807, 2.05) is 0 Å². The smallest absolute Gasteiger partial charge is 0.0145 e. The predicted molar refractivity (Wildman–Crippen MR) is 91.8 cm³/mol. The second kappa shape index (κ2) is 9.12. The molecule has 2 aliphatic rings. The molecule has 3 heteroatoms. The van der Waals surface area contributed by atoms with Gasteiger partial charge in [0.05, 0.1) is 0 Å². The van der Waals surface area contributed by atoms with Crippen LogP contribution in [0.1, 0.15) is 58.8 Å². The van der Waals surface area contributed by atoms with Gasteiger partial charge in [0.25, 0.3) is 0 Å². The maximum Gasteiger partial charge on any atom is 0.0145 e. The third-order valence-electron chi connectivity index (χ3n) is 5.59. The second-order valence-electron chi connectivity index (χ2n) is 7.39. The standard InChI is InChI=1S/C18H37N3/c1-4-5-6-8-16(2)19-11-14-21-13-10-18-17(15-21)9-7-12-20(18)3/h16-19H,4-15H2,1-3H3. The minimum absolute atomic E-state index is 0.690. The molecule has 1 N–H and O–H groups in total. The summed E-state index contributed by atoms with van der Waals surface area (Å²) in [5.74, 6) is 0.930. The topological polar surface area (TPSA) is 18.5 Å². The monoisotopic (exact) mass is 295 g/mol. The summed E-state index contributed by atoms with van der Waals surface area (Å²) in [5, 5.41) is 3.72. The fraction of sp³-hybridized carbons (Fsp3) is 1.00. The highest BCUT2D eigenvalue weighted by Crippen LogP contribution is 2.29. The van der Waals surface area contributed by atoms with Crippen molar-refractivity contribution in [1.29, 1.82) is 0 Å². The van der Waals surface area contributed by atoms with Gasteiger partial charge >= 0.3 is 0 Å². The molecule has 0 radical (unpaired) electrons. The van der Waals surface area contributed by atoms with E-state index in [1.165, 1.54) is 77.7 Å². The molecular weight excluding hydrogens is 258 g/mol. The lowest BCUT2D eigenvalue weighted by molar-refractivity contribution is 0.0389. The summed E-state index contributed by atoms with van der Waals surface area (Å²) in [6.07, 6.45) is 9.66. The number of hydrogen-bond donors (Lipinski definition) is 1. The molecule has 3 atom stereocenters. The average Bonchev–Trinajstić information content (AvgIpc) is 2.48. The molecule has 21 heavy (non-hydrogen) atoms. The molecule has 2 rings (SSSR count). The molecule has 124 valence electrons. The third-order valence-corrected chi connectivity index (χ3v) is 5.59. The van der Waals surface area contributed by atoms with Crippen molar-refractivity contribution in [3.8, 4) is 0 Å². The molecule has 0 saturated carbocycles. The van der Waals surface area contributed by atoms with Crippen LogP contribution in [0, 0.1) is 5.92 Å². The predicted octanol–water partition coefficient (Wildman–Crippen LogP) is 2.96. The molecule has 2 saturated heterocycles. The lowest BCUT2D eigenvalue weighted by Crippen LogP contribution is -2.53. The van der Waals surface area contributed by atoms with E-state index in [-0.39, 0.29) is 0 Å². The minimum atomic E-state index is 0.690. The van der Waals surface area contributed by atoms with Gasteiger partial charge in [-0.05, 0) is 58.7 Å². The first-order valence-corrected chi connectivity index (χ1v) is 9.36. The Kier molecular flexibility index (Phi) is 7.48. The van der Waals surface area contributed by atoms with Crippen LogP contribution in [0.5, 0.6) is 0 Å². The Hall–Kier alpha value is -0.120. The summed E-state index contributed by atoms with van der Waals surface area (Å²) >= 11 is 0. The van der Waals surface area contributed by atoms with Crippen molar-refractivity contribution in [1.82, 2.24) is 15.1 Å². The van der Waals surface area contributed by atoms with Crippen LogP contribution in [-0.4, -0.2) is 61.7 Å². The summed E-state index contributed by atoms with van der Waals surface area (Å²) in [6.45, 7) is 11.0. The Morgan fingerprint density at radius 3 is 2.86 bits per heavy atom. The summed E-state index contributed by atoms with van der Waals surface area (Å²) in [5.41, 5.74) is 0. The van der Waals surface area contributed by atoms with E-state index >= 15 is 0 Å². The first-order valence-electron chi connectivity index (χ1n) is 9.36. The maximum atomic E-state index is 3.72. The lowest BCUT2D eigenvalue weighted by Gasteiger charge is -2.46. The fourth-order valence-electron chi connectivity index (χ4n) is 4.20. The van der Waals surface area contributed by atoms with Crippen LogP contribution < -0.4 is 5.32 Å². The van der Waals surface area contributed by atoms with E-state index in [1.54, 1.807) is 0 Å². The fourth-order valence-corrected chi connectivity index (χ4v) is 4.20. The highest BCUT2D eigenvalue weighted by atomic mass is 15.2. The molecule has 0 bridgehead atoms. The zero-order chi connectivity index (χ0) is 15.1. The van der Waals surface area contributed by atoms with E-state index in [9.17, 15) is 0 Å². The van der Waals surface area contributed by atoms with E-state index in [0.717, 1.165) is 12.0 Å². The number of fused-ring (bicyclic) bond motifs is 1. The molecule has 2 heterocycles. The first kappa shape index (κ1) is 17.2. The summed E-state index contributed by atoms with van der Waals surface area (Å²) in [4.78, 5) is 5.31.